The molecule has 2 bridgehead atoms. The normalized spacial score (nSPS) is 44.0. The Morgan fingerprint density at radius 1 is 1.17 bits per heavy atom. The van der Waals surface area contributed by atoms with Crippen LogP contribution < -0.4 is 5.73 Å². The van der Waals surface area contributed by atoms with Gasteiger partial charge >= 0.3 is 0 Å². The predicted octanol–water partition coefficient (Wildman–Crippen LogP) is 3.49. The minimum absolute atomic E-state index is 0.156. The molecule has 3 atom stereocenters. The van der Waals surface area contributed by atoms with Crippen LogP contribution >= 0.6 is 0 Å². The van der Waals surface area contributed by atoms with Crippen LogP contribution in [0.1, 0.15) is 65.7 Å². The Balaban J connectivity index is 1.75. The number of ether oxygens (including phenoxy) is 1. The maximum Gasteiger partial charge on any atom is 0.0698 e. The first-order valence-corrected chi connectivity index (χ1v) is 7.81. The SMILES string of the molecule is CC1(C)C2CCC1(C)C(OC1(CCN)CCC1)C2. The van der Waals surface area contributed by atoms with Gasteiger partial charge in [0.2, 0.25) is 0 Å². The molecule has 3 aliphatic rings. The summed E-state index contributed by atoms with van der Waals surface area (Å²) in [7, 11) is 0. The van der Waals surface area contributed by atoms with Gasteiger partial charge in [0.1, 0.15) is 0 Å². The fourth-order valence-electron chi connectivity index (χ4n) is 4.87. The highest BCUT2D eigenvalue weighted by molar-refractivity contribution is 5.12. The van der Waals surface area contributed by atoms with Crippen LogP contribution in [0.5, 0.6) is 0 Å². The summed E-state index contributed by atoms with van der Waals surface area (Å²) < 4.78 is 6.67. The van der Waals surface area contributed by atoms with E-state index in [2.05, 4.69) is 20.8 Å². The van der Waals surface area contributed by atoms with E-state index >= 15 is 0 Å². The molecule has 3 saturated carbocycles. The zero-order valence-electron chi connectivity index (χ0n) is 12.3. The van der Waals surface area contributed by atoms with E-state index in [-0.39, 0.29) is 5.60 Å². The van der Waals surface area contributed by atoms with Crippen molar-refractivity contribution in [3.8, 4) is 0 Å². The molecule has 0 aromatic heterocycles. The predicted molar refractivity (Wildman–Crippen MR) is 74.4 cm³/mol. The van der Waals surface area contributed by atoms with Crippen molar-refractivity contribution < 1.29 is 4.74 Å². The molecule has 0 aromatic rings. The monoisotopic (exact) mass is 251 g/mol. The Kier molecular flexibility index (Phi) is 2.84. The van der Waals surface area contributed by atoms with Crippen molar-refractivity contribution in [1.82, 2.24) is 0 Å². The molecule has 104 valence electrons. The van der Waals surface area contributed by atoms with Gasteiger partial charge in [-0.05, 0) is 68.2 Å². The van der Waals surface area contributed by atoms with Gasteiger partial charge in [0.05, 0.1) is 11.7 Å². The third-order valence-electron chi connectivity index (χ3n) is 6.97. The Bertz CT molecular complexity index is 334. The van der Waals surface area contributed by atoms with E-state index in [4.69, 9.17) is 10.5 Å². The first-order valence-electron chi connectivity index (χ1n) is 7.81. The average Bonchev–Trinajstić information content (AvgIpc) is 2.59. The molecular weight excluding hydrogens is 222 g/mol. The Morgan fingerprint density at radius 2 is 1.89 bits per heavy atom. The molecule has 3 rings (SSSR count). The van der Waals surface area contributed by atoms with Crippen LogP contribution in [-0.4, -0.2) is 18.2 Å². The van der Waals surface area contributed by atoms with Gasteiger partial charge in [-0.3, -0.25) is 0 Å². The number of nitrogens with two attached hydrogens (primary N) is 1. The third-order valence-corrected chi connectivity index (χ3v) is 6.97. The lowest BCUT2D eigenvalue weighted by atomic mass is 9.69. The van der Waals surface area contributed by atoms with E-state index in [9.17, 15) is 0 Å². The van der Waals surface area contributed by atoms with Gasteiger partial charge in [0.25, 0.3) is 0 Å². The molecule has 3 fully saturated rings. The van der Waals surface area contributed by atoms with Gasteiger partial charge in [0, 0.05) is 0 Å². The highest BCUT2D eigenvalue weighted by Crippen LogP contribution is 2.67. The Morgan fingerprint density at radius 3 is 2.28 bits per heavy atom. The second-order valence-corrected chi connectivity index (χ2v) is 7.79. The topological polar surface area (TPSA) is 35.2 Å². The van der Waals surface area contributed by atoms with Crippen LogP contribution in [-0.2, 0) is 4.74 Å². The van der Waals surface area contributed by atoms with Crippen molar-refractivity contribution in [2.24, 2.45) is 22.5 Å². The van der Waals surface area contributed by atoms with Crippen molar-refractivity contribution >= 4 is 0 Å². The molecule has 2 N–H and O–H groups in total. The fraction of sp³-hybridized carbons (Fsp3) is 1.00. The van der Waals surface area contributed by atoms with Gasteiger partial charge in [-0.1, -0.05) is 20.8 Å². The standard InChI is InChI=1S/C16H29NO/c1-14(2)12-5-8-15(14,3)13(11-12)18-16(9-10-17)6-4-7-16/h12-13H,4-11,17H2,1-3H3. The Labute approximate surface area is 112 Å². The lowest BCUT2D eigenvalue weighted by Gasteiger charge is -2.48. The van der Waals surface area contributed by atoms with Crippen molar-refractivity contribution in [3.63, 3.8) is 0 Å². The Hall–Kier alpha value is -0.0800. The number of fused-ring (bicyclic) bond motifs is 2. The summed E-state index contributed by atoms with van der Waals surface area (Å²) in [5.74, 6) is 0.877. The second kappa shape index (κ2) is 3.96. The number of hydrogen-bond acceptors (Lipinski definition) is 2. The first kappa shape index (κ1) is 12.9. The summed E-state index contributed by atoms with van der Waals surface area (Å²) in [6.45, 7) is 8.17. The van der Waals surface area contributed by atoms with Crippen LogP contribution in [0, 0.1) is 16.7 Å². The summed E-state index contributed by atoms with van der Waals surface area (Å²) in [4.78, 5) is 0. The van der Waals surface area contributed by atoms with E-state index in [1.54, 1.807) is 0 Å². The molecule has 0 aromatic carbocycles. The highest BCUT2D eigenvalue weighted by atomic mass is 16.5. The molecule has 0 heterocycles. The largest absolute Gasteiger partial charge is 0.371 e. The molecule has 3 aliphatic carbocycles. The summed E-state index contributed by atoms with van der Waals surface area (Å²) in [5.41, 5.74) is 6.80. The molecule has 0 spiro atoms. The average molecular weight is 251 g/mol. The van der Waals surface area contributed by atoms with Gasteiger partial charge in [-0.25, -0.2) is 0 Å². The lowest BCUT2D eigenvalue weighted by molar-refractivity contribution is -0.179. The molecular formula is C16H29NO. The van der Waals surface area contributed by atoms with Gasteiger partial charge in [0.15, 0.2) is 0 Å². The quantitative estimate of drug-likeness (QED) is 0.830. The van der Waals surface area contributed by atoms with Crippen LogP contribution in [0.4, 0.5) is 0 Å². The third kappa shape index (κ3) is 1.54. The molecule has 3 unspecified atom stereocenters. The summed E-state index contributed by atoms with van der Waals surface area (Å²) in [6.07, 6.45) is 9.40. The maximum absolute atomic E-state index is 6.67. The smallest absolute Gasteiger partial charge is 0.0698 e. The fourth-order valence-corrected chi connectivity index (χ4v) is 4.87. The van der Waals surface area contributed by atoms with E-state index in [0.29, 0.717) is 16.9 Å². The van der Waals surface area contributed by atoms with Crippen molar-refractivity contribution in [2.75, 3.05) is 6.54 Å². The summed E-state index contributed by atoms with van der Waals surface area (Å²) >= 11 is 0. The minimum atomic E-state index is 0.156. The molecule has 0 amide bonds. The van der Waals surface area contributed by atoms with Crippen LogP contribution in [0.3, 0.4) is 0 Å². The second-order valence-electron chi connectivity index (χ2n) is 7.79. The molecule has 2 nitrogen and oxygen atoms in total. The van der Waals surface area contributed by atoms with Crippen LogP contribution in [0.2, 0.25) is 0 Å². The molecule has 0 radical (unpaired) electrons. The highest BCUT2D eigenvalue weighted by Gasteiger charge is 2.63. The first-order chi connectivity index (χ1) is 8.44. The number of rotatable bonds is 4. The van der Waals surface area contributed by atoms with E-state index < -0.39 is 0 Å². The molecule has 0 aliphatic heterocycles. The van der Waals surface area contributed by atoms with Crippen LogP contribution in [0.15, 0.2) is 0 Å². The molecule has 2 heteroatoms. The van der Waals surface area contributed by atoms with E-state index in [1.165, 1.54) is 38.5 Å². The zero-order valence-corrected chi connectivity index (χ0v) is 12.3. The molecule has 18 heavy (non-hydrogen) atoms. The lowest BCUT2D eigenvalue weighted by Crippen LogP contribution is -2.49. The van der Waals surface area contributed by atoms with Gasteiger partial charge in [-0.2, -0.15) is 0 Å². The van der Waals surface area contributed by atoms with E-state index in [0.717, 1.165) is 18.9 Å². The summed E-state index contributed by atoms with van der Waals surface area (Å²) in [5, 5.41) is 0. The number of hydrogen-bond donors (Lipinski definition) is 1. The van der Waals surface area contributed by atoms with Gasteiger partial charge in [-0.15, -0.1) is 0 Å². The minimum Gasteiger partial charge on any atom is -0.371 e. The van der Waals surface area contributed by atoms with Crippen molar-refractivity contribution in [3.05, 3.63) is 0 Å². The zero-order chi connectivity index (χ0) is 13.0. The van der Waals surface area contributed by atoms with Crippen LogP contribution in [0.25, 0.3) is 0 Å². The van der Waals surface area contributed by atoms with Crippen molar-refractivity contribution in [2.45, 2.75) is 77.4 Å². The molecule has 0 saturated heterocycles. The van der Waals surface area contributed by atoms with E-state index in [1.807, 2.05) is 0 Å². The maximum atomic E-state index is 6.67. The summed E-state index contributed by atoms with van der Waals surface area (Å²) in [6, 6.07) is 0. The van der Waals surface area contributed by atoms with Crippen molar-refractivity contribution in [1.29, 1.82) is 0 Å². The van der Waals surface area contributed by atoms with Gasteiger partial charge < -0.3 is 10.5 Å².